The highest BCUT2D eigenvalue weighted by Gasteiger charge is 2.04. The number of rotatable bonds is 2. The van der Waals surface area contributed by atoms with Gasteiger partial charge in [-0.3, -0.25) is 4.79 Å². The third-order valence-corrected chi connectivity index (χ3v) is 2.39. The molecule has 1 aromatic rings. The summed E-state index contributed by atoms with van der Waals surface area (Å²) in [5.74, 6) is 0. The Bertz CT molecular complexity index is 300. The van der Waals surface area contributed by atoms with Crippen molar-refractivity contribution >= 4 is 6.29 Å². The average Bonchev–Trinajstić information content (AvgIpc) is 2.09. The molecule has 0 aliphatic carbocycles. The summed E-state index contributed by atoms with van der Waals surface area (Å²) >= 11 is 0. The summed E-state index contributed by atoms with van der Waals surface area (Å²) in [6.45, 7) is 6.22. The van der Waals surface area contributed by atoms with Crippen LogP contribution < -0.4 is 0 Å². The zero-order valence-electron chi connectivity index (χ0n) is 7.85. The Labute approximate surface area is 73.4 Å². The first-order chi connectivity index (χ1) is 5.70. The fourth-order valence-corrected chi connectivity index (χ4v) is 1.47. The van der Waals surface area contributed by atoms with E-state index in [9.17, 15) is 4.79 Å². The minimum Gasteiger partial charge on any atom is -0.298 e. The van der Waals surface area contributed by atoms with Crippen molar-refractivity contribution in [3.05, 3.63) is 34.4 Å². The Morgan fingerprint density at radius 3 is 2.50 bits per heavy atom. The molecule has 0 bridgehead atoms. The molecule has 0 heterocycles. The third-order valence-electron chi connectivity index (χ3n) is 2.39. The van der Waals surface area contributed by atoms with Gasteiger partial charge in [-0.05, 0) is 37.0 Å². The quantitative estimate of drug-likeness (QED) is 0.611. The lowest BCUT2D eigenvalue weighted by Gasteiger charge is -2.08. The molecule has 0 atom stereocenters. The number of aryl methyl sites for hydroxylation is 1. The average molecular weight is 162 g/mol. The Morgan fingerprint density at radius 2 is 2.00 bits per heavy atom. The van der Waals surface area contributed by atoms with Crippen molar-refractivity contribution in [3.63, 3.8) is 0 Å². The highest BCUT2D eigenvalue weighted by molar-refractivity contribution is 5.78. The maximum Gasteiger partial charge on any atom is 0.150 e. The normalized spacial score (nSPS) is 9.92. The summed E-state index contributed by atoms with van der Waals surface area (Å²) in [7, 11) is 0. The molecule has 0 radical (unpaired) electrons. The standard InChI is InChI=1S/C11H14O/c1-4-11-9(3)8(2)5-6-10(11)7-12/h5-7H,4H2,1-3H3. The number of hydrogen-bond acceptors (Lipinski definition) is 1. The second-order valence-electron chi connectivity index (χ2n) is 3.05. The predicted octanol–water partition coefficient (Wildman–Crippen LogP) is 2.68. The molecule has 0 aliphatic heterocycles. The van der Waals surface area contributed by atoms with Gasteiger partial charge >= 0.3 is 0 Å². The molecular weight excluding hydrogens is 148 g/mol. The van der Waals surface area contributed by atoms with Crippen molar-refractivity contribution < 1.29 is 4.79 Å². The second-order valence-corrected chi connectivity index (χ2v) is 3.05. The lowest BCUT2D eigenvalue weighted by atomic mass is 9.97. The van der Waals surface area contributed by atoms with Crippen LogP contribution in [0.15, 0.2) is 12.1 Å². The largest absolute Gasteiger partial charge is 0.298 e. The van der Waals surface area contributed by atoms with E-state index in [4.69, 9.17) is 0 Å². The van der Waals surface area contributed by atoms with Crippen molar-refractivity contribution in [2.45, 2.75) is 27.2 Å². The third kappa shape index (κ3) is 1.40. The summed E-state index contributed by atoms with van der Waals surface area (Å²) in [5, 5.41) is 0. The van der Waals surface area contributed by atoms with Gasteiger partial charge in [0.25, 0.3) is 0 Å². The maximum absolute atomic E-state index is 10.6. The van der Waals surface area contributed by atoms with Crippen LogP contribution in [-0.4, -0.2) is 6.29 Å². The van der Waals surface area contributed by atoms with Gasteiger partial charge in [-0.15, -0.1) is 0 Å². The number of benzene rings is 1. The van der Waals surface area contributed by atoms with Crippen LogP contribution in [0.5, 0.6) is 0 Å². The highest BCUT2D eigenvalue weighted by Crippen LogP contribution is 2.17. The molecule has 1 rings (SSSR count). The zero-order chi connectivity index (χ0) is 9.14. The maximum atomic E-state index is 10.6. The minimum absolute atomic E-state index is 0.834. The molecule has 12 heavy (non-hydrogen) atoms. The van der Waals surface area contributed by atoms with Crippen LogP contribution in [0.2, 0.25) is 0 Å². The summed E-state index contributed by atoms with van der Waals surface area (Å²) in [6.07, 6.45) is 1.87. The molecule has 0 spiro atoms. The Kier molecular flexibility index (Phi) is 2.64. The van der Waals surface area contributed by atoms with E-state index in [-0.39, 0.29) is 0 Å². The second kappa shape index (κ2) is 3.53. The molecular formula is C11H14O. The fraction of sp³-hybridized carbons (Fsp3) is 0.364. The van der Waals surface area contributed by atoms with E-state index >= 15 is 0 Å². The first-order valence-electron chi connectivity index (χ1n) is 4.25. The Hall–Kier alpha value is -1.11. The molecule has 1 heteroatoms. The van der Waals surface area contributed by atoms with Gasteiger partial charge in [0.2, 0.25) is 0 Å². The molecule has 0 aliphatic rings. The number of hydrogen-bond donors (Lipinski definition) is 0. The van der Waals surface area contributed by atoms with E-state index < -0.39 is 0 Å². The highest BCUT2D eigenvalue weighted by atomic mass is 16.1. The molecule has 0 fully saturated rings. The summed E-state index contributed by atoms with van der Waals surface area (Å²) in [6, 6.07) is 3.90. The SMILES string of the molecule is CCc1c(C=O)ccc(C)c1C. The monoisotopic (exact) mass is 162 g/mol. The van der Waals surface area contributed by atoms with Gasteiger partial charge in [-0.25, -0.2) is 0 Å². The Morgan fingerprint density at radius 1 is 1.33 bits per heavy atom. The van der Waals surface area contributed by atoms with Crippen molar-refractivity contribution in [1.82, 2.24) is 0 Å². The van der Waals surface area contributed by atoms with Gasteiger partial charge in [0, 0.05) is 5.56 Å². The molecule has 0 saturated heterocycles. The number of aldehydes is 1. The molecule has 1 aromatic carbocycles. The molecule has 0 saturated carbocycles. The van der Waals surface area contributed by atoms with E-state index in [1.54, 1.807) is 0 Å². The first kappa shape index (κ1) is 8.98. The van der Waals surface area contributed by atoms with Gasteiger partial charge in [-0.2, -0.15) is 0 Å². The lowest BCUT2D eigenvalue weighted by molar-refractivity contribution is 0.112. The van der Waals surface area contributed by atoms with Crippen molar-refractivity contribution in [2.24, 2.45) is 0 Å². The van der Waals surface area contributed by atoms with Crippen LogP contribution in [0.3, 0.4) is 0 Å². The Balaban J connectivity index is 3.35. The van der Waals surface area contributed by atoms with E-state index in [2.05, 4.69) is 20.8 Å². The van der Waals surface area contributed by atoms with Gasteiger partial charge in [0.05, 0.1) is 0 Å². The van der Waals surface area contributed by atoms with Gasteiger partial charge in [0.1, 0.15) is 6.29 Å². The van der Waals surface area contributed by atoms with Gasteiger partial charge in [-0.1, -0.05) is 19.1 Å². The van der Waals surface area contributed by atoms with Crippen LogP contribution in [0.25, 0.3) is 0 Å². The van der Waals surface area contributed by atoms with E-state index in [1.807, 2.05) is 12.1 Å². The lowest BCUT2D eigenvalue weighted by Crippen LogP contribution is -1.96. The van der Waals surface area contributed by atoms with Gasteiger partial charge < -0.3 is 0 Å². The van der Waals surface area contributed by atoms with E-state index in [0.29, 0.717) is 0 Å². The molecule has 64 valence electrons. The van der Waals surface area contributed by atoms with Crippen molar-refractivity contribution in [3.8, 4) is 0 Å². The zero-order valence-corrected chi connectivity index (χ0v) is 7.85. The summed E-state index contributed by atoms with van der Waals surface area (Å²) in [5.41, 5.74) is 4.53. The topological polar surface area (TPSA) is 17.1 Å². The fourth-order valence-electron chi connectivity index (χ4n) is 1.47. The molecule has 1 nitrogen and oxygen atoms in total. The smallest absolute Gasteiger partial charge is 0.150 e. The minimum atomic E-state index is 0.834. The van der Waals surface area contributed by atoms with Crippen LogP contribution in [0.1, 0.15) is 34.0 Å². The molecule has 0 unspecified atom stereocenters. The van der Waals surface area contributed by atoms with Crippen LogP contribution in [0.4, 0.5) is 0 Å². The van der Waals surface area contributed by atoms with Crippen molar-refractivity contribution in [1.29, 1.82) is 0 Å². The predicted molar refractivity (Wildman–Crippen MR) is 50.7 cm³/mol. The van der Waals surface area contributed by atoms with Crippen molar-refractivity contribution in [2.75, 3.05) is 0 Å². The van der Waals surface area contributed by atoms with Gasteiger partial charge in [0.15, 0.2) is 0 Å². The summed E-state index contributed by atoms with van der Waals surface area (Å²) < 4.78 is 0. The first-order valence-corrected chi connectivity index (χ1v) is 4.25. The summed E-state index contributed by atoms with van der Waals surface area (Å²) in [4.78, 5) is 10.6. The number of carbonyl (C=O) groups excluding carboxylic acids is 1. The van der Waals surface area contributed by atoms with Crippen LogP contribution in [0, 0.1) is 13.8 Å². The molecule has 0 aromatic heterocycles. The number of carbonyl (C=O) groups is 1. The van der Waals surface area contributed by atoms with Crippen LogP contribution >= 0.6 is 0 Å². The van der Waals surface area contributed by atoms with E-state index in [1.165, 1.54) is 16.7 Å². The van der Waals surface area contributed by atoms with E-state index in [0.717, 1.165) is 18.3 Å². The van der Waals surface area contributed by atoms with Crippen LogP contribution in [-0.2, 0) is 6.42 Å². The molecule has 0 amide bonds. The molecule has 0 N–H and O–H groups in total.